The summed E-state index contributed by atoms with van der Waals surface area (Å²) < 4.78 is 1.12. The molecular formula is C13H14BrN3S. The molecule has 1 N–H and O–H groups in total. The fourth-order valence-corrected chi connectivity index (χ4v) is 3.73. The average molecular weight is 324 g/mol. The number of fused-ring (bicyclic) bond motifs is 1. The second kappa shape index (κ2) is 5.07. The second-order valence-corrected chi connectivity index (χ2v) is 6.90. The van der Waals surface area contributed by atoms with Crippen LogP contribution in [0.25, 0.3) is 10.7 Å². The van der Waals surface area contributed by atoms with Gasteiger partial charge in [-0.2, -0.15) is 0 Å². The van der Waals surface area contributed by atoms with E-state index in [0.29, 0.717) is 6.04 Å². The van der Waals surface area contributed by atoms with Crippen LogP contribution in [0.4, 0.5) is 0 Å². The van der Waals surface area contributed by atoms with Crippen LogP contribution in [-0.2, 0) is 6.42 Å². The highest BCUT2D eigenvalue weighted by molar-refractivity contribution is 9.11. The van der Waals surface area contributed by atoms with Crippen LogP contribution in [0.2, 0.25) is 0 Å². The molecule has 1 unspecified atom stereocenters. The van der Waals surface area contributed by atoms with E-state index in [2.05, 4.69) is 32.3 Å². The smallest absolute Gasteiger partial charge is 0.169 e. The summed E-state index contributed by atoms with van der Waals surface area (Å²) in [6, 6.07) is 4.52. The minimum absolute atomic E-state index is 0.415. The van der Waals surface area contributed by atoms with Gasteiger partial charge in [0.15, 0.2) is 5.82 Å². The number of hydrogen-bond acceptors (Lipinski definition) is 4. The molecule has 5 heteroatoms. The van der Waals surface area contributed by atoms with Crippen molar-refractivity contribution in [3.8, 4) is 10.7 Å². The summed E-state index contributed by atoms with van der Waals surface area (Å²) >= 11 is 5.15. The van der Waals surface area contributed by atoms with E-state index >= 15 is 0 Å². The third-order valence-corrected chi connectivity index (χ3v) is 4.94. The number of rotatable bonds is 2. The molecule has 0 radical (unpaired) electrons. The largest absolute Gasteiger partial charge is 0.313 e. The van der Waals surface area contributed by atoms with Crippen LogP contribution in [0.3, 0.4) is 0 Å². The molecule has 0 saturated carbocycles. The molecule has 94 valence electrons. The highest BCUT2D eigenvalue weighted by Crippen LogP contribution is 2.32. The van der Waals surface area contributed by atoms with Crippen molar-refractivity contribution in [3.05, 3.63) is 33.4 Å². The van der Waals surface area contributed by atoms with Crippen LogP contribution in [0, 0.1) is 0 Å². The predicted molar refractivity (Wildman–Crippen MR) is 77.8 cm³/mol. The summed E-state index contributed by atoms with van der Waals surface area (Å²) in [4.78, 5) is 10.4. The van der Waals surface area contributed by atoms with Crippen molar-refractivity contribution in [2.45, 2.75) is 25.3 Å². The normalized spacial score (nSPS) is 18.7. The van der Waals surface area contributed by atoms with Gasteiger partial charge in [-0.3, -0.25) is 0 Å². The molecule has 2 heterocycles. The highest BCUT2D eigenvalue weighted by Gasteiger charge is 2.21. The third kappa shape index (κ3) is 2.22. The molecule has 18 heavy (non-hydrogen) atoms. The van der Waals surface area contributed by atoms with E-state index in [4.69, 9.17) is 4.98 Å². The Morgan fingerprint density at radius 1 is 1.44 bits per heavy atom. The summed E-state index contributed by atoms with van der Waals surface area (Å²) in [6.07, 6.45) is 5.43. The Labute approximate surface area is 119 Å². The first-order valence-corrected chi connectivity index (χ1v) is 7.67. The van der Waals surface area contributed by atoms with Gasteiger partial charge in [0.25, 0.3) is 0 Å². The van der Waals surface area contributed by atoms with Gasteiger partial charge in [-0.25, -0.2) is 9.97 Å². The van der Waals surface area contributed by atoms with Gasteiger partial charge >= 0.3 is 0 Å². The van der Waals surface area contributed by atoms with Crippen LogP contribution in [0.5, 0.6) is 0 Å². The van der Waals surface area contributed by atoms with Crippen LogP contribution in [0.15, 0.2) is 22.1 Å². The van der Waals surface area contributed by atoms with Crippen molar-refractivity contribution in [3.63, 3.8) is 0 Å². The number of halogens is 1. The van der Waals surface area contributed by atoms with Crippen LogP contribution < -0.4 is 5.32 Å². The quantitative estimate of drug-likeness (QED) is 0.918. The fourth-order valence-electron chi connectivity index (χ4n) is 2.40. The number of hydrogen-bond donors (Lipinski definition) is 1. The Bertz CT molecular complexity index is 567. The Balaban J connectivity index is 2.00. The van der Waals surface area contributed by atoms with Gasteiger partial charge in [-0.1, -0.05) is 0 Å². The van der Waals surface area contributed by atoms with E-state index < -0.39 is 0 Å². The average Bonchev–Trinajstić information content (AvgIpc) is 2.84. The summed E-state index contributed by atoms with van der Waals surface area (Å²) in [6.45, 7) is 0. The Morgan fingerprint density at radius 3 is 3.06 bits per heavy atom. The SMILES string of the molecule is CNC1CCCc2nc(-c3ccc(Br)s3)ncc21. The zero-order valence-electron chi connectivity index (χ0n) is 10.1. The van der Waals surface area contributed by atoms with Crippen molar-refractivity contribution in [2.24, 2.45) is 0 Å². The van der Waals surface area contributed by atoms with E-state index in [1.165, 1.54) is 24.1 Å². The maximum absolute atomic E-state index is 4.73. The highest BCUT2D eigenvalue weighted by atomic mass is 79.9. The number of nitrogens with zero attached hydrogens (tertiary/aromatic N) is 2. The van der Waals surface area contributed by atoms with Crippen LogP contribution in [0.1, 0.15) is 30.1 Å². The number of aromatic nitrogens is 2. The second-order valence-electron chi connectivity index (χ2n) is 4.43. The maximum atomic E-state index is 4.73. The monoisotopic (exact) mass is 323 g/mol. The molecule has 0 aromatic carbocycles. The standard InChI is InChI=1S/C13H14BrN3S/c1-15-9-3-2-4-10-8(9)7-16-13(17-10)11-5-6-12(14)18-11/h5-7,9,15H,2-4H2,1H3. The molecular weight excluding hydrogens is 310 g/mol. The molecule has 2 aromatic rings. The molecule has 1 aliphatic carbocycles. The van der Waals surface area contributed by atoms with E-state index in [9.17, 15) is 0 Å². The summed E-state index contributed by atoms with van der Waals surface area (Å²) in [5.74, 6) is 0.848. The van der Waals surface area contributed by atoms with Gasteiger partial charge in [0.05, 0.1) is 8.66 Å². The summed E-state index contributed by atoms with van der Waals surface area (Å²) in [7, 11) is 2.00. The van der Waals surface area contributed by atoms with Gasteiger partial charge < -0.3 is 5.32 Å². The molecule has 1 aliphatic rings. The lowest BCUT2D eigenvalue weighted by atomic mass is 9.92. The molecule has 3 rings (SSSR count). The maximum Gasteiger partial charge on any atom is 0.169 e. The molecule has 0 amide bonds. The van der Waals surface area contributed by atoms with Crippen molar-refractivity contribution in [1.29, 1.82) is 0 Å². The topological polar surface area (TPSA) is 37.8 Å². The van der Waals surface area contributed by atoms with Crippen molar-refractivity contribution >= 4 is 27.3 Å². The van der Waals surface area contributed by atoms with E-state index in [1.54, 1.807) is 11.3 Å². The van der Waals surface area contributed by atoms with E-state index in [-0.39, 0.29) is 0 Å². The minimum Gasteiger partial charge on any atom is -0.313 e. The zero-order chi connectivity index (χ0) is 12.5. The molecule has 0 bridgehead atoms. The molecule has 0 fully saturated rings. The first-order chi connectivity index (χ1) is 8.78. The van der Waals surface area contributed by atoms with E-state index in [0.717, 1.165) is 20.9 Å². The molecule has 0 saturated heterocycles. The lowest BCUT2D eigenvalue weighted by Crippen LogP contribution is -2.22. The zero-order valence-corrected chi connectivity index (χ0v) is 12.5. The number of aryl methyl sites for hydroxylation is 1. The van der Waals surface area contributed by atoms with Gasteiger partial charge in [-0.15, -0.1) is 11.3 Å². The molecule has 0 spiro atoms. The number of nitrogens with one attached hydrogen (secondary N) is 1. The summed E-state index contributed by atoms with van der Waals surface area (Å²) in [5, 5.41) is 3.34. The van der Waals surface area contributed by atoms with Gasteiger partial charge in [0.1, 0.15) is 0 Å². The molecule has 3 nitrogen and oxygen atoms in total. The third-order valence-electron chi connectivity index (χ3n) is 3.32. The number of thiophene rings is 1. The van der Waals surface area contributed by atoms with Gasteiger partial charge in [-0.05, 0) is 54.4 Å². The van der Waals surface area contributed by atoms with Gasteiger partial charge in [0, 0.05) is 23.5 Å². The van der Waals surface area contributed by atoms with Crippen molar-refractivity contribution < 1.29 is 0 Å². The first-order valence-electron chi connectivity index (χ1n) is 6.06. The Morgan fingerprint density at radius 2 is 2.33 bits per heavy atom. The van der Waals surface area contributed by atoms with Crippen LogP contribution in [-0.4, -0.2) is 17.0 Å². The fraction of sp³-hybridized carbons (Fsp3) is 0.385. The van der Waals surface area contributed by atoms with E-state index in [1.807, 2.05) is 19.3 Å². The Kier molecular flexibility index (Phi) is 3.46. The van der Waals surface area contributed by atoms with Crippen LogP contribution >= 0.6 is 27.3 Å². The lowest BCUT2D eigenvalue weighted by molar-refractivity contribution is 0.488. The summed E-state index contributed by atoms with van der Waals surface area (Å²) in [5.41, 5.74) is 2.47. The minimum atomic E-state index is 0.415. The van der Waals surface area contributed by atoms with Crippen molar-refractivity contribution in [2.75, 3.05) is 7.05 Å². The molecule has 2 aromatic heterocycles. The lowest BCUT2D eigenvalue weighted by Gasteiger charge is -2.23. The predicted octanol–water partition coefficient (Wildman–Crippen LogP) is 3.56. The first kappa shape index (κ1) is 12.3. The van der Waals surface area contributed by atoms with Crippen molar-refractivity contribution in [1.82, 2.24) is 15.3 Å². The molecule has 1 atom stereocenters. The Hall–Kier alpha value is -0.780. The van der Waals surface area contributed by atoms with Gasteiger partial charge in [0.2, 0.25) is 0 Å². The molecule has 0 aliphatic heterocycles.